The summed E-state index contributed by atoms with van der Waals surface area (Å²) in [7, 11) is 0. The molecule has 0 radical (unpaired) electrons. The van der Waals surface area contributed by atoms with E-state index in [1.807, 2.05) is 24.3 Å². The van der Waals surface area contributed by atoms with E-state index < -0.39 is 10.7 Å². The van der Waals surface area contributed by atoms with Crippen LogP contribution >= 0.6 is 23.4 Å². The van der Waals surface area contributed by atoms with Crippen LogP contribution in [0.5, 0.6) is 0 Å². The summed E-state index contributed by atoms with van der Waals surface area (Å²) in [6.07, 6.45) is 3.60. The lowest BCUT2D eigenvalue weighted by Gasteiger charge is -2.53. The number of carboxylic acids is 1. The summed E-state index contributed by atoms with van der Waals surface area (Å²) in [5, 5.41) is 10.2. The fourth-order valence-electron chi connectivity index (χ4n) is 2.93. The van der Waals surface area contributed by atoms with Gasteiger partial charge in [-0.25, -0.2) is 0 Å². The van der Waals surface area contributed by atoms with Gasteiger partial charge in [-0.3, -0.25) is 4.79 Å². The van der Waals surface area contributed by atoms with Crippen molar-refractivity contribution in [2.45, 2.75) is 49.2 Å². The van der Waals surface area contributed by atoms with Crippen LogP contribution in [0.25, 0.3) is 0 Å². The first-order chi connectivity index (χ1) is 8.95. The Morgan fingerprint density at radius 2 is 2.00 bits per heavy atom. The molecule has 1 aromatic rings. The topological polar surface area (TPSA) is 37.3 Å². The Morgan fingerprint density at radius 1 is 1.37 bits per heavy atom. The Hall–Kier alpha value is -0.670. The summed E-state index contributed by atoms with van der Waals surface area (Å²) in [6.45, 7) is 4.30. The summed E-state index contributed by atoms with van der Waals surface area (Å²) in [4.78, 5) is 12.6. The van der Waals surface area contributed by atoms with Crippen LogP contribution in [0.1, 0.15) is 39.5 Å². The first-order valence-electron chi connectivity index (χ1n) is 6.63. The number of hydrogen-bond donors (Lipinski definition) is 1. The molecule has 104 valence electrons. The van der Waals surface area contributed by atoms with Crippen molar-refractivity contribution in [1.29, 1.82) is 0 Å². The summed E-state index contributed by atoms with van der Waals surface area (Å²) < 4.78 is -0.670. The first kappa shape index (κ1) is 14.7. The van der Waals surface area contributed by atoms with Crippen LogP contribution in [0.3, 0.4) is 0 Å². The highest BCUT2D eigenvalue weighted by Gasteiger charge is 2.58. The zero-order chi connectivity index (χ0) is 14.1. The summed E-state index contributed by atoms with van der Waals surface area (Å²) in [6, 6.07) is 7.45. The number of carboxylic acid groups (broad SMARTS) is 1. The van der Waals surface area contributed by atoms with Crippen molar-refractivity contribution in [3.8, 4) is 0 Å². The molecule has 0 bridgehead atoms. The molecule has 0 aromatic heterocycles. The van der Waals surface area contributed by atoms with Crippen molar-refractivity contribution in [3.63, 3.8) is 0 Å². The molecule has 0 aliphatic heterocycles. The molecular formula is C15H19ClO2S. The average molecular weight is 299 g/mol. The standard InChI is InChI=1S/C15H19ClO2S/c1-3-14(4-2)9-15(10-14,13(17)18)19-12-7-5-6-11(16)8-12/h5-8H,3-4,9-10H2,1-2H3,(H,17,18). The minimum Gasteiger partial charge on any atom is -0.480 e. The van der Waals surface area contributed by atoms with Gasteiger partial charge < -0.3 is 5.11 Å². The molecule has 0 saturated heterocycles. The summed E-state index contributed by atoms with van der Waals surface area (Å²) in [5.41, 5.74) is 0.212. The van der Waals surface area contributed by atoms with Crippen molar-refractivity contribution in [1.82, 2.24) is 0 Å². The maximum atomic E-state index is 11.7. The number of carbonyl (C=O) groups is 1. The number of halogens is 1. The van der Waals surface area contributed by atoms with E-state index >= 15 is 0 Å². The highest BCUT2D eigenvalue weighted by atomic mass is 35.5. The lowest BCUT2D eigenvalue weighted by atomic mass is 9.58. The molecule has 1 aliphatic carbocycles. The van der Waals surface area contributed by atoms with Gasteiger partial charge in [0.1, 0.15) is 4.75 Å². The molecule has 0 amide bonds. The van der Waals surface area contributed by atoms with Gasteiger partial charge in [0.15, 0.2) is 0 Å². The van der Waals surface area contributed by atoms with Gasteiger partial charge in [-0.2, -0.15) is 0 Å². The maximum Gasteiger partial charge on any atom is 0.320 e. The highest BCUT2D eigenvalue weighted by molar-refractivity contribution is 8.01. The van der Waals surface area contributed by atoms with Gasteiger partial charge in [0.05, 0.1) is 0 Å². The number of rotatable bonds is 5. The summed E-state index contributed by atoms with van der Waals surface area (Å²) >= 11 is 7.41. The van der Waals surface area contributed by atoms with Gasteiger partial charge in [0, 0.05) is 9.92 Å². The predicted molar refractivity (Wildman–Crippen MR) is 79.9 cm³/mol. The Bertz CT molecular complexity index is 475. The van der Waals surface area contributed by atoms with Crippen LogP contribution in [-0.2, 0) is 4.79 Å². The summed E-state index contributed by atoms with van der Waals surface area (Å²) in [5.74, 6) is -0.699. The first-order valence-corrected chi connectivity index (χ1v) is 7.83. The fourth-order valence-corrected chi connectivity index (χ4v) is 4.82. The molecule has 2 nitrogen and oxygen atoms in total. The number of aliphatic carboxylic acids is 1. The lowest BCUT2D eigenvalue weighted by Crippen LogP contribution is -2.54. The molecule has 0 atom stereocenters. The molecule has 4 heteroatoms. The van der Waals surface area contributed by atoms with Gasteiger partial charge in [0.2, 0.25) is 0 Å². The van der Waals surface area contributed by atoms with E-state index in [0.29, 0.717) is 5.02 Å². The van der Waals surface area contributed by atoms with Gasteiger partial charge in [-0.1, -0.05) is 44.4 Å². The third-order valence-corrected chi connectivity index (χ3v) is 5.90. The van der Waals surface area contributed by atoms with Crippen LogP contribution in [0.2, 0.25) is 5.02 Å². The second-order valence-electron chi connectivity index (χ2n) is 5.42. The van der Waals surface area contributed by atoms with Crippen molar-refractivity contribution >= 4 is 29.3 Å². The van der Waals surface area contributed by atoms with E-state index in [2.05, 4.69) is 13.8 Å². The van der Waals surface area contributed by atoms with Crippen molar-refractivity contribution in [2.75, 3.05) is 0 Å². The van der Waals surface area contributed by atoms with E-state index in [0.717, 1.165) is 30.6 Å². The molecular weight excluding hydrogens is 280 g/mol. The van der Waals surface area contributed by atoms with Crippen LogP contribution in [0.15, 0.2) is 29.2 Å². The monoisotopic (exact) mass is 298 g/mol. The largest absolute Gasteiger partial charge is 0.480 e. The smallest absolute Gasteiger partial charge is 0.320 e. The van der Waals surface area contributed by atoms with E-state index in [1.165, 1.54) is 11.8 Å². The van der Waals surface area contributed by atoms with Gasteiger partial charge in [-0.15, -0.1) is 11.8 Å². The van der Waals surface area contributed by atoms with Crippen LogP contribution in [0.4, 0.5) is 0 Å². The maximum absolute atomic E-state index is 11.7. The van der Waals surface area contributed by atoms with Gasteiger partial charge >= 0.3 is 5.97 Å². The normalized spacial score (nSPS) is 19.7. The Balaban J connectivity index is 2.18. The third kappa shape index (κ3) is 2.77. The fraction of sp³-hybridized carbons (Fsp3) is 0.533. The average Bonchev–Trinajstić information content (AvgIpc) is 2.33. The van der Waals surface area contributed by atoms with Crippen LogP contribution in [-0.4, -0.2) is 15.8 Å². The third-order valence-electron chi connectivity index (χ3n) is 4.32. The van der Waals surface area contributed by atoms with Crippen LogP contribution in [0, 0.1) is 5.41 Å². The van der Waals surface area contributed by atoms with Crippen molar-refractivity contribution in [3.05, 3.63) is 29.3 Å². The Kier molecular flexibility index (Phi) is 4.17. The second kappa shape index (κ2) is 5.37. The molecule has 1 saturated carbocycles. The van der Waals surface area contributed by atoms with E-state index in [9.17, 15) is 9.90 Å². The van der Waals surface area contributed by atoms with Crippen molar-refractivity contribution < 1.29 is 9.90 Å². The molecule has 0 unspecified atom stereocenters. The molecule has 0 heterocycles. The number of thioether (sulfide) groups is 1. The Morgan fingerprint density at radius 3 is 2.47 bits per heavy atom. The SMILES string of the molecule is CCC1(CC)CC(Sc2cccc(Cl)c2)(C(=O)O)C1. The van der Waals surface area contributed by atoms with Gasteiger partial charge in [0.25, 0.3) is 0 Å². The lowest BCUT2D eigenvalue weighted by molar-refractivity contribution is -0.147. The number of benzene rings is 1. The van der Waals surface area contributed by atoms with E-state index in [4.69, 9.17) is 11.6 Å². The zero-order valence-electron chi connectivity index (χ0n) is 11.3. The quantitative estimate of drug-likeness (QED) is 0.844. The van der Waals surface area contributed by atoms with E-state index in [-0.39, 0.29) is 5.41 Å². The molecule has 19 heavy (non-hydrogen) atoms. The highest BCUT2D eigenvalue weighted by Crippen LogP contribution is 2.60. The second-order valence-corrected chi connectivity index (χ2v) is 7.31. The minimum atomic E-state index is -0.699. The Labute approximate surface area is 123 Å². The van der Waals surface area contributed by atoms with Crippen molar-refractivity contribution in [2.24, 2.45) is 5.41 Å². The van der Waals surface area contributed by atoms with Crippen LogP contribution < -0.4 is 0 Å². The molecule has 1 fully saturated rings. The molecule has 1 N–H and O–H groups in total. The molecule has 1 aliphatic rings. The van der Waals surface area contributed by atoms with Gasteiger partial charge in [-0.05, 0) is 36.5 Å². The van der Waals surface area contributed by atoms with E-state index in [1.54, 1.807) is 0 Å². The molecule has 0 spiro atoms. The molecule has 2 rings (SSSR count). The molecule has 1 aromatic carbocycles. The zero-order valence-corrected chi connectivity index (χ0v) is 12.9. The number of hydrogen-bond acceptors (Lipinski definition) is 2. The predicted octanol–water partition coefficient (Wildman–Crippen LogP) is 4.86. The minimum absolute atomic E-state index is 0.212.